The monoisotopic (exact) mass is 681 g/mol. The van der Waals surface area contributed by atoms with E-state index in [1.54, 1.807) is 0 Å². The molecule has 280 valence electrons. The van der Waals surface area contributed by atoms with E-state index < -0.39 is 11.9 Å². The fourth-order valence-electron chi connectivity index (χ4n) is 6.76. The van der Waals surface area contributed by atoms with Gasteiger partial charge >= 0.3 is 11.9 Å². The van der Waals surface area contributed by atoms with Crippen molar-refractivity contribution in [2.24, 2.45) is 0 Å². The molecule has 0 aromatic rings. The molecule has 4 rings (SSSR count). The van der Waals surface area contributed by atoms with Crippen molar-refractivity contribution in [1.29, 1.82) is 0 Å². The van der Waals surface area contributed by atoms with Gasteiger partial charge in [0, 0.05) is 11.1 Å². The Kier molecular flexibility index (Phi) is 31.1. The Bertz CT molecular complexity index is 869. The molecular formula is C45H76O4. The van der Waals surface area contributed by atoms with E-state index in [0.29, 0.717) is 24.0 Å². The van der Waals surface area contributed by atoms with Crippen LogP contribution in [0, 0.1) is 0 Å². The van der Waals surface area contributed by atoms with E-state index in [0.717, 1.165) is 32.1 Å². The summed E-state index contributed by atoms with van der Waals surface area (Å²) in [5, 5.41) is 18.2. The van der Waals surface area contributed by atoms with Gasteiger partial charge in [-0.25, -0.2) is 9.59 Å². The molecule has 0 aromatic carbocycles. The van der Waals surface area contributed by atoms with Crippen molar-refractivity contribution < 1.29 is 19.8 Å². The van der Waals surface area contributed by atoms with Crippen molar-refractivity contribution >= 4 is 11.9 Å². The molecule has 0 radical (unpaired) electrons. The van der Waals surface area contributed by atoms with Crippen molar-refractivity contribution in [2.45, 2.75) is 212 Å². The number of aliphatic carboxylic acids is 2. The SMILES string of the molecule is C1=C\CCCCCCCC/1.C1=C\CCCCCCCC/1.C1=C\CCCCCCCC/1.CC(=C/C1=C(\C(=O)O)CCCCCCCC1)C(=O)O. The summed E-state index contributed by atoms with van der Waals surface area (Å²) in [6.45, 7) is 1.51. The van der Waals surface area contributed by atoms with E-state index in [-0.39, 0.29) is 5.57 Å². The standard InChI is InChI=1S/C15H22O4.3C10H18/c1-11(14(16)17)10-12-8-6-4-2-3-5-7-9-13(12)15(18)19;3*1-2-4-6-8-10-9-7-5-3-1/h10H,2-9H2,1H3,(H,16,17)(H,18,19);3*1-2H,3-10H2/b11-10?,13-12-;3*2-1-. The van der Waals surface area contributed by atoms with Gasteiger partial charge in [0.15, 0.2) is 0 Å². The van der Waals surface area contributed by atoms with Crippen LogP contribution in [-0.4, -0.2) is 22.2 Å². The maximum absolute atomic E-state index is 11.3. The zero-order valence-electron chi connectivity index (χ0n) is 31.9. The minimum absolute atomic E-state index is 0.200. The molecule has 49 heavy (non-hydrogen) atoms. The zero-order chi connectivity index (χ0) is 35.5. The second kappa shape index (κ2) is 34.1. The summed E-state index contributed by atoms with van der Waals surface area (Å²) in [6, 6.07) is 0. The van der Waals surface area contributed by atoms with Crippen LogP contribution in [0.15, 0.2) is 59.3 Å². The normalized spacial score (nSPS) is 24.6. The second-order valence-corrected chi connectivity index (χ2v) is 14.6. The lowest BCUT2D eigenvalue weighted by atomic mass is 9.93. The van der Waals surface area contributed by atoms with Crippen LogP contribution in [0.1, 0.15) is 212 Å². The summed E-state index contributed by atoms with van der Waals surface area (Å²) in [5.74, 6) is -1.90. The van der Waals surface area contributed by atoms with E-state index in [9.17, 15) is 14.7 Å². The summed E-state index contributed by atoms with van der Waals surface area (Å²) in [5.41, 5.74) is 1.28. The lowest BCUT2D eigenvalue weighted by molar-refractivity contribution is -0.133. The molecule has 4 nitrogen and oxygen atoms in total. The molecule has 0 saturated carbocycles. The number of rotatable bonds is 3. The Labute approximate surface area is 302 Å². The molecule has 0 heterocycles. The third kappa shape index (κ3) is 29.1. The Morgan fingerprint density at radius 1 is 0.429 bits per heavy atom. The van der Waals surface area contributed by atoms with Gasteiger partial charge in [-0.05, 0) is 121 Å². The van der Waals surface area contributed by atoms with Crippen molar-refractivity contribution in [3.05, 3.63) is 59.3 Å². The number of carboxylic acid groups (broad SMARTS) is 2. The van der Waals surface area contributed by atoms with Crippen LogP contribution in [0.5, 0.6) is 0 Å². The smallest absolute Gasteiger partial charge is 0.331 e. The predicted octanol–water partition coefficient (Wildman–Crippen LogP) is 14.6. The quantitative estimate of drug-likeness (QED) is 0.230. The molecule has 0 unspecified atom stereocenters. The molecule has 0 fully saturated rings. The van der Waals surface area contributed by atoms with Crippen LogP contribution in [0.25, 0.3) is 0 Å². The Morgan fingerprint density at radius 3 is 0.980 bits per heavy atom. The summed E-state index contributed by atoms with van der Waals surface area (Å²) in [6.07, 6.45) is 57.0. The fraction of sp³-hybridized carbons (Fsp3) is 0.733. The highest BCUT2D eigenvalue weighted by molar-refractivity contribution is 5.90. The molecule has 0 aromatic heterocycles. The minimum Gasteiger partial charge on any atom is -0.478 e. The Morgan fingerprint density at radius 2 is 0.694 bits per heavy atom. The number of carboxylic acids is 2. The average molecular weight is 681 g/mol. The van der Waals surface area contributed by atoms with E-state index in [4.69, 9.17) is 5.11 Å². The number of hydrogen-bond donors (Lipinski definition) is 2. The zero-order valence-corrected chi connectivity index (χ0v) is 31.9. The highest BCUT2D eigenvalue weighted by atomic mass is 16.4. The van der Waals surface area contributed by atoms with Crippen molar-refractivity contribution in [1.82, 2.24) is 0 Å². The molecule has 0 spiro atoms. The van der Waals surface area contributed by atoms with Gasteiger partial charge in [-0.3, -0.25) is 0 Å². The van der Waals surface area contributed by atoms with Gasteiger partial charge < -0.3 is 10.2 Å². The van der Waals surface area contributed by atoms with Crippen LogP contribution >= 0.6 is 0 Å². The first-order valence-corrected chi connectivity index (χ1v) is 20.8. The molecule has 4 aliphatic carbocycles. The topological polar surface area (TPSA) is 74.6 Å². The summed E-state index contributed by atoms with van der Waals surface area (Å²) >= 11 is 0. The summed E-state index contributed by atoms with van der Waals surface area (Å²) in [7, 11) is 0. The van der Waals surface area contributed by atoms with Gasteiger partial charge in [-0.15, -0.1) is 0 Å². The van der Waals surface area contributed by atoms with Gasteiger partial charge in [0.25, 0.3) is 0 Å². The van der Waals surface area contributed by atoms with Crippen molar-refractivity contribution in [2.75, 3.05) is 0 Å². The largest absolute Gasteiger partial charge is 0.478 e. The Balaban J connectivity index is 0.000000344. The van der Waals surface area contributed by atoms with Crippen LogP contribution in [0.2, 0.25) is 0 Å². The van der Waals surface area contributed by atoms with Gasteiger partial charge in [-0.1, -0.05) is 139 Å². The van der Waals surface area contributed by atoms with Crippen molar-refractivity contribution in [3.8, 4) is 0 Å². The van der Waals surface area contributed by atoms with Crippen LogP contribution in [0.4, 0.5) is 0 Å². The van der Waals surface area contributed by atoms with Gasteiger partial charge in [-0.2, -0.15) is 0 Å². The van der Waals surface area contributed by atoms with Crippen molar-refractivity contribution in [3.63, 3.8) is 0 Å². The average Bonchev–Trinajstić information content (AvgIpc) is 3.12. The van der Waals surface area contributed by atoms with Gasteiger partial charge in [0.2, 0.25) is 0 Å². The molecule has 4 aliphatic rings. The molecule has 2 N–H and O–H groups in total. The molecule has 0 amide bonds. The first-order chi connectivity index (χ1) is 24.0. The molecule has 0 atom stereocenters. The van der Waals surface area contributed by atoms with E-state index in [1.165, 1.54) is 174 Å². The highest BCUT2D eigenvalue weighted by Crippen LogP contribution is 2.24. The molecular weight excluding hydrogens is 604 g/mol. The lowest BCUT2D eigenvalue weighted by Gasteiger charge is -2.12. The minimum atomic E-state index is -0.991. The summed E-state index contributed by atoms with van der Waals surface area (Å²) in [4.78, 5) is 22.2. The number of allylic oxidation sites excluding steroid dienone is 8. The van der Waals surface area contributed by atoms with E-state index >= 15 is 0 Å². The van der Waals surface area contributed by atoms with E-state index in [2.05, 4.69) is 36.5 Å². The molecule has 0 bridgehead atoms. The molecule has 0 saturated heterocycles. The lowest BCUT2D eigenvalue weighted by Crippen LogP contribution is -2.07. The predicted molar refractivity (Wildman–Crippen MR) is 211 cm³/mol. The number of carbonyl (C=O) groups is 2. The maximum Gasteiger partial charge on any atom is 0.331 e. The van der Waals surface area contributed by atoms with Gasteiger partial charge in [0.05, 0.1) is 0 Å². The van der Waals surface area contributed by atoms with E-state index in [1.807, 2.05) is 0 Å². The summed E-state index contributed by atoms with van der Waals surface area (Å²) < 4.78 is 0. The van der Waals surface area contributed by atoms with Crippen LogP contribution in [0.3, 0.4) is 0 Å². The third-order valence-electron chi connectivity index (χ3n) is 9.97. The first kappa shape index (κ1) is 44.7. The third-order valence-corrected chi connectivity index (χ3v) is 9.97. The molecule has 4 heteroatoms. The van der Waals surface area contributed by atoms with Crippen LogP contribution < -0.4 is 0 Å². The van der Waals surface area contributed by atoms with Gasteiger partial charge in [0.1, 0.15) is 0 Å². The first-order valence-electron chi connectivity index (χ1n) is 20.8. The number of hydrogen-bond acceptors (Lipinski definition) is 2. The second-order valence-electron chi connectivity index (χ2n) is 14.6. The maximum atomic E-state index is 11.3. The molecule has 0 aliphatic heterocycles. The fourth-order valence-corrected chi connectivity index (χ4v) is 6.76. The Hall–Kier alpha value is -2.36. The highest BCUT2D eigenvalue weighted by Gasteiger charge is 2.15. The van der Waals surface area contributed by atoms with Crippen LogP contribution in [-0.2, 0) is 9.59 Å².